The Morgan fingerprint density at radius 1 is 1.54 bits per heavy atom. The monoisotopic (exact) mass is 180 g/mol. The summed E-state index contributed by atoms with van der Waals surface area (Å²) >= 11 is 0. The van der Waals surface area contributed by atoms with Crippen LogP contribution in [0.2, 0.25) is 0 Å². The Kier molecular flexibility index (Phi) is 3.08. The lowest BCUT2D eigenvalue weighted by Gasteiger charge is -2.23. The summed E-state index contributed by atoms with van der Waals surface area (Å²) in [5, 5.41) is 0. The van der Waals surface area contributed by atoms with Crippen LogP contribution in [-0.4, -0.2) is 18.1 Å². The molecule has 0 aromatic carbocycles. The lowest BCUT2D eigenvalue weighted by Crippen LogP contribution is -2.25. The minimum Gasteiger partial charge on any atom is -0.372 e. The van der Waals surface area contributed by atoms with Gasteiger partial charge in [-0.25, -0.2) is 10.8 Å². The third-order valence-electron chi connectivity index (χ3n) is 2.07. The van der Waals surface area contributed by atoms with E-state index in [0.29, 0.717) is 11.9 Å². The molecule has 0 amide bonds. The molecule has 0 bridgehead atoms. The van der Waals surface area contributed by atoms with Crippen LogP contribution in [0.1, 0.15) is 13.8 Å². The number of hydrazine groups is 1. The first kappa shape index (κ1) is 9.80. The first-order chi connectivity index (χ1) is 6.15. The summed E-state index contributed by atoms with van der Waals surface area (Å²) in [5.41, 5.74) is 3.63. The van der Waals surface area contributed by atoms with Gasteiger partial charge in [-0.1, -0.05) is 0 Å². The molecule has 0 saturated carbocycles. The maximum absolute atomic E-state index is 5.26. The molecule has 72 valence electrons. The van der Waals surface area contributed by atoms with Crippen molar-refractivity contribution in [1.29, 1.82) is 0 Å². The number of anilines is 2. The third kappa shape index (κ3) is 2.32. The molecule has 0 aliphatic heterocycles. The minimum absolute atomic E-state index is 0.466. The van der Waals surface area contributed by atoms with Crippen LogP contribution in [0.15, 0.2) is 18.3 Å². The van der Waals surface area contributed by atoms with Gasteiger partial charge in [0.1, 0.15) is 5.82 Å². The second kappa shape index (κ2) is 4.09. The summed E-state index contributed by atoms with van der Waals surface area (Å²) in [4.78, 5) is 6.19. The number of nitrogens with zero attached hydrogens (tertiary/aromatic N) is 2. The Hall–Kier alpha value is -1.29. The SMILES string of the molecule is CC(C)N(C)c1ccnc(NN)c1. The van der Waals surface area contributed by atoms with E-state index in [1.807, 2.05) is 19.2 Å². The average molecular weight is 180 g/mol. The Balaban J connectivity index is 2.88. The maximum atomic E-state index is 5.26. The van der Waals surface area contributed by atoms with Gasteiger partial charge in [0.2, 0.25) is 0 Å². The molecule has 1 heterocycles. The quantitative estimate of drug-likeness (QED) is 0.542. The van der Waals surface area contributed by atoms with E-state index in [9.17, 15) is 0 Å². The second-order valence-corrected chi connectivity index (χ2v) is 3.25. The van der Waals surface area contributed by atoms with E-state index in [1.165, 1.54) is 0 Å². The van der Waals surface area contributed by atoms with E-state index in [2.05, 4.69) is 29.2 Å². The second-order valence-electron chi connectivity index (χ2n) is 3.25. The Bertz CT molecular complexity index is 272. The fraction of sp³-hybridized carbons (Fsp3) is 0.444. The summed E-state index contributed by atoms with van der Waals surface area (Å²) in [6.45, 7) is 4.27. The first-order valence-electron chi connectivity index (χ1n) is 4.30. The van der Waals surface area contributed by atoms with Gasteiger partial charge in [-0.15, -0.1) is 0 Å². The van der Waals surface area contributed by atoms with Crippen molar-refractivity contribution in [2.45, 2.75) is 19.9 Å². The number of nitrogens with one attached hydrogen (secondary N) is 1. The topological polar surface area (TPSA) is 54.2 Å². The molecule has 13 heavy (non-hydrogen) atoms. The summed E-state index contributed by atoms with van der Waals surface area (Å²) in [6, 6.07) is 4.34. The van der Waals surface area contributed by atoms with Crippen molar-refractivity contribution >= 4 is 11.5 Å². The van der Waals surface area contributed by atoms with Gasteiger partial charge < -0.3 is 10.3 Å². The largest absolute Gasteiger partial charge is 0.372 e. The van der Waals surface area contributed by atoms with E-state index >= 15 is 0 Å². The highest BCUT2D eigenvalue weighted by Crippen LogP contribution is 2.16. The fourth-order valence-corrected chi connectivity index (χ4v) is 1.02. The third-order valence-corrected chi connectivity index (χ3v) is 2.07. The van der Waals surface area contributed by atoms with Crippen LogP contribution >= 0.6 is 0 Å². The maximum Gasteiger partial charge on any atom is 0.141 e. The van der Waals surface area contributed by atoms with Crippen LogP contribution < -0.4 is 16.2 Å². The van der Waals surface area contributed by atoms with Crippen LogP contribution in [0.5, 0.6) is 0 Å². The number of hydrogen-bond acceptors (Lipinski definition) is 4. The van der Waals surface area contributed by atoms with E-state index < -0.39 is 0 Å². The van der Waals surface area contributed by atoms with Gasteiger partial charge in [0.25, 0.3) is 0 Å². The Morgan fingerprint density at radius 2 is 2.23 bits per heavy atom. The van der Waals surface area contributed by atoms with Gasteiger partial charge >= 0.3 is 0 Å². The molecule has 4 heteroatoms. The van der Waals surface area contributed by atoms with Crippen LogP contribution in [0.25, 0.3) is 0 Å². The van der Waals surface area contributed by atoms with Crippen LogP contribution in [0.3, 0.4) is 0 Å². The van der Waals surface area contributed by atoms with Gasteiger partial charge in [0.05, 0.1) is 0 Å². The predicted molar refractivity (Wildman–Crippen MR) is 55.6 cm³/mol. The van der Waals surface area contributed by atoms with Crippen LogP contribution in [0, 0.1) is 0 Å². The van der Waals surface area contributed by atoms with Crippen molar-refractivity contribution < 1.29 is 0 Å². The number of nitrogens with two attached hydrogens (primary N) is 1. The van der Waals surface area contributed by atoms with Gasteiger partial charge in [0.15, 0.2) is 0 Å². The molecule has 0 radical (unpaired) electrons. The van der Waals surface area contributed by atoms with E-state index in [0.717, 1.165) is 5.69 Å². The van der Waals surface area contributed by atoms with Crippen molar-refractivity contribution in [1.82, 2.24) is 4.98 Å². The molecular weight excluding hydrogens is 164 g/mol. The van der Waals surface area contributed by atoms with Crippen LogP contribution in [0.4, 0.5) is 11.5 Å². The molecule has 0 aliphatic rings. The number of pyridine rings is 1. The van der Waals surface area contributed by atoms with Crippen molar-refractivity contribution in [2.75, 3.05) is 17.4 Å². The predicted octanol–water partition coefficient (Wildman–Crippen LogP) is 1.21. The van der Waals surface area contributed by atoms with Gasteiger partial charge in [-0.05, 0) is 19.9 Å². The van der Waals surface area contributed by atoms with Crippen molar-refractivity contribution in [2.24, 2.45) is 5.84 Å². The molecule has 1 aromatic heterocycles. The Labute approximate surface area is 78.7 Å². The average Bonchev–Trinajstić information content (AvgIpc) is 2.16. The molecule has 0 fully saturated rings. The van der Waals surface area contributed by atoms with E-state index in [-0.39, 0.29) is 0 Å². The highest BCUT2D eigenvalue weighted by molar-refractivity contribution is 5.53. The lowest BCUT2D eigenvalue weighted by atomic mass is 10.3. The van der Waals surface area contributed by atoms with Crippen molar-refractivity contribution in [3.8, 4) is 0 Å². The van der Waals surface area contributed by atoms with Gasteiger partial charge in [-0.3, -0.25) is 0 Å². The highest BCUT2D eigenvalue weighted by atomic mass is 15.2. The van der Waals surface area contributed by atoms with E-state index in [1.54, 1.807) is 6.20 Å². The molecular formula is C9H16N4. The number of aromatic nitrogens is 1. The summed E-state index contributed by atoms with van der Waals surface area (Å²) in [5.74, 6) is 5.95. The Morgan fingerprint density at radius 3 is 2.77 bits per heavy atom. The molecule has 3 N–H and O–H groups in total. The molecule has 0 atom stereocenters. The lowest BCUT2D eigenvalue weighted by molar-refractivity contribution is 0.754. The zero-order valence-electron chi connectivity index (χ0n) is 8.28. The molecule has 0 unspecified atom stereocenters. The van der Waals surface area contributed by atoms with E-state index in [4.69, 9.17) is 5.84 Å². The first-order valence-corrected chi connectivity index (χ1v) is 4.30. The molecule has 0 saturated heterocycles. The standard InChI is InChI=1S/C9H16N4/c1-7(2)13(3)8-4-5-11-9(6-8)12-10/h4-7H,10H2,1-3H3,(H,11,12). The molecule has 4 nitrogen and oxygen atoms in total. The summed E-state index contributed by atoms with van der Waals surface area (Å²) < 4.78 is 0. The summed E-state index contributed by atoms with van der Waals surface area (Å²) in [6.07, 6.45) is 1.74. The van der Waals surface area contributed by atoms with Gasteiger partial charge in [0, 0.05) is 31.0 Å². The molecule has 1 aromatic rings. The zero-order valence-corrected chi connectivity index (χ0v) is 8.28. The number of nitrogen functional groups attached to an aromatic ring is 1. The normalized spacial score (nSPS) is 10.2. The fourth-order valence-electron chi connectivity index (χ4n) is 1.02. The highest BCUT2D eigenvalue weighted by Gasteiger charge is 2.04. The number of hydrogen-bond donors (Lipinski definition) is 2. The van der Waals surface area contributed by atoms with Crippen molar-refractivity contribution in [3.63, 3.8) is 0 Å². The molecule has 0 spiro atoms. The molecule has 1 rings (SSSR count). The summed E-state index contributed by atoms with van der Waals surface area (Å²) in [7, 11) is 2.04. The van der Waals surface area contributed by atoms with Crippen LogP contribution in [-0.2, 0) is 0 Å². The van der Waals surface area contributed by atoms with Gasteiger partial charge in [-0.2, -0.15) is 0 Å². The smallest absolute Gasteiger partial charge is 0.141 e. The van der Waals surface area contributed by atoms with Crippen molar-refractivity contribution in [3.05, 3.63) is 18.3 Å². The minimum atomic E-state index is 0.466. The number of rotatable bonds is 3. The molecule has 0 aliphatic carbocycles. The zero-order chi connectivity index (χ0) is 9.84.